The van der Waals surface area contributed by atoms with Gasteiger partial charge in [0.15, 0.2) is 0 Å². The molecule has 1 heterocycles. The third-order valence-electron chi connectivity index (χ3n) is 2.83. The van der Waals surface area contributed by atoms with Crippen molar-refractivity contribution in [2.45, 2.75) is 18.4 Å². The lowest BCUT2D eigenvalue weighted by molar-refractivity contribution is 0.426. The number of hydrogen-bond donors (Lipinski definition) is 0. The molecule has 0 saturated heterocycles. The van der Waals surface area contributed by atoms with E-state index in [0.29, 0.717) is 10.9 Å². The van der Waals surface area contributed by atoms with Crippen LogP contribution in [0.1, 0.15) is 11.8 Å². The van der Waals surface area contributed by atoms with Crippen molar-refractivity contribution in [3.8, 4) is 0 Å². The van der Waals surface area contributed by atoms with Gasteiger partial charge in [0.25, 0.3) is 0 Å². The molecule has 0 saturated carbocycles. The lowest BCUT2D eigenvalue weighted by atomic mass is 10.4. The number of thiophene rings is 1. The molecular weight excluding hydrogens is 417 g/mol. The second kappa shape index (κ2) is 6.98. The highest BCUT2D eigenvalue weighted by Crippen LogP contribution is 2.30. The first-order valence-electron chi connectivity index (χ1n) is 6.04. The molecule has 21 heavy (non-hydrogen) atoms. The minimum absolute atomic E-state index is 0.108. The Morgan fingerprint density at radius 3 is 2.48 bits per heavy atom. The van der Waals surface area contributed by atoms with E-state index in [1.54, 1.807) is 25.1 Å². The molecule has 8 heteroatoms. The molecule has 2 rings (SSSR count). The minimum Gasteiger partial charge on any atom is -0.207 e. The van der Waals surface area contributed by atoms with Crippen LogP contribution in [0.3, 0.4) is 0 Å². The lowest BCUT2D eigenvalue weighted by Crippen LogP contribution is -2.30. The maximum atomic E-state index is 12.7. The first-order valence-corrected chi connectivity index (χ1v) is 9.84. The molecule has 0 aliphatic heterocycles. The lowest BCUT2D eigenvalue weighted by Gasteiger charge is -2.20. The maximum absolute atomic E-state index is 12.7. The summed E-state index contributed by atoms with van der Waals surface area (Å²) in [5.41, 5.74) is 0. The van der Waals surface area contributed by atoms with Crippen LogP contribution in [0.2, 0.25) is 9.36 Å². The van der Waals surface area contributed by atoms with E-state index < -0.39 is 10.0 Å². The van der Waals surface area contributed by atoms with Gasteiger partial charge in [-0.1, -0.05) is 46.1 Å². The number of sulfonamides is 1. The van der Waals surface area contributed by atoms with Crippen LogP contribution < -0.4 is 0 Å². The van der Waals surface area contributed by atoms with Crippen LogP contribution in [0, 0.1) is 0 Å². The molecule has 2 aromatic rings. The number of hydrogen-bond acceptors (Lipinski definition) is 3. The molecule has 0 bridgehead atoms. The van der Waals surface area contributed by atoms with E-state index in [2.05, 4.69) is 15.9 Å². The highest BCUT2D eigenvalue weighted by Gasteiger charge is 2.26. The predicted molar refractivity (Wildman–Crippen MR) is 91.8 cm³/mol. The van der Waals surface area contributed by atoms with Gasteiger partial charge in [0.1, 0.15) is 4.90 Å². The van der Waals surface area contributed by atoms with E-state index in [4.69, 9.17) is 23.2 Å². The Morgan fingerprint density at radius 2 is 1.95 bits per heavy atom. The minimum atomic E-state index is -3.64. The quantitative estimate of drug-likeness (QED) is 0.669. The summed E-state index contributed by atoms with van der Waals surface area (Å²) >= 11 is 16.6. The fourth-order valence-corrected chi connectivity index (χ4v) is 5.42. The van der Waals surface area contributed by atoms with Crippen molar-refractivity contribution >= 4 is 60.5 Å². The molecule has 0 aliphatic rings. The second-order valence-corrected chi connectivity index (χ2v) is 9.24. The Labute approximate surface area is 146 Å². The predicted octanol–water partition coefficient (Wildman–Crippen LogP) is 5.03. The number of benzene rings is 1. The van der Waals surface area contributed by atoms with Gasteiger partial charge in [0, 0.05) is 22.4 Å². The van der Waals surface area contributed by atoms with Gasteiger partial charge in [-0.2, -0.15) is 4.31 Å². The Balaban J connectivity index is 2.35. The van der Waals surface area contributed by atoms with E-state index >= 15 is 0 Å². The summed E-state index contributed by atoms with van der Waals surface area (Å²) in [6, 6.07) is 8.33. The van der Waals surface area contributed by atoms with E-state index in [0.717, 1.165) is 9.35 Å². The normalized spacial score (nSPS) is 12.0. The van der Waals surface area contributed by atoms with Crippen molar-refractivity contribution in [1.82, 2.24) is 4.31 Å². The molecule has 0 N–H and O–H groups in total. The largest absolute Gasteiger partial charge is 0.244 e. The summed E-state index contributed by atoms with van der Waals surface area (Å²) in [7, 11) is -3.64. The number of halogens is 3. The number of rotatable bonds is 5. The molecule has 0 amide bonds. The van der Waals surface area contributed by atoms with Gasteiger partial charge in [-0.05, 0) is 30.3 Å². The van der Waals surface area contributed by atoms with Gasteiger partial charge in [0.05, 0.1) is 9.36 Å². The summed E-state index contributed by atoms with van der Waals surface area (Å²) in [6.07, 6.45) is 0. The molecule has 0 radical (unpaired) electrons. The zero-order chi connectivity index (χ0) is 15.6. The molecule has 1 aromatic heterocycles. The molecule has 0 unspecified atom stereocenters. The third kappa shape index (κ3) is 4.00. The van der Waals surface area contributed by atoms with Crippen LogP contribution in [0.5, 0.6) is 0 Å². The van der Waals surface area contributed by atoms with Crippen molar-refractivity contribution in [2.75, 3.05) is 6.54 Å². The Bertz CT molecular complexity index is 746. The van der Waals surface area contributed by atoms with Crippen LogP contribution in [0.15, 0.2) is 39.7 Å². The summed E-state index contributed by atoms with van der Waals surface area (Å²) in [4.78, 5) is 0.996. The van der Waals surface area contributed by atoms with Crippen molar-refractivity contribution in [2.24, 2.45) is 0 Å². The zero-order valence-electron chi connectivity index (χ0n) is 11.0. The van der Waals surface area contributed by atoms with Gasteiger partial charge in [-0.15, -0.1) is 11.3 Å². The highest BCUT2D eigenvalue weighted by molar-refractivity contribution is 9.10. The third-order valence-corrected chi connectivity index (χ3v) is 6.94. The summed E-state index contributed by atoms with van der Waals surface area (Å²) in [5.74, 6) is 0. The monoisotopic (exact) mass is 427 g/mol. The van der Waals surface area contributed by atoms with Crippen molar-refractivity contribution in [3.63, 3.8) is 0 Å². The molecule has 3 nitrogen and oxygen atoms in total. The standard InChI is InChI=1S/C13H12BrCl2NO2S2/c1-2-17(8-10-4-6-13(16)20-10)21(18,19)12-5-3-9(14)7-11(12)15/h3-7H,2,8H2,1H3. The molecule has 0 spiro atoms. The van der Waals surface area contributed by atoms with Crippen LogP contribution in [-0.2, 0) is 16.6 Å². The Morgan fingerprint density at radius 1 is 1.24 bits per heavy atom. The smallest absolute Gasteiger partial charge is 0.207 e. The first-order chi connectivity index (χ1) is 9.84. The van der Waals surface area contributed by atoms with Gasteiger partial charge in [-0.3, -0.25) is 0 Å². The fourth-order valence-electron chi connectivity index (χ4n) is 1.80. The summed E-state index contributed by atoms with van der Waals surface area (Å²) in [6.45, 7) is 2.42. The molecule has 0 atom stereocenters. The Hall–Kier alpha value is -0.110. The second-order valence-electron chi connectivity index (χ2n) is 4.21. The van der Waals surface area contributed by atoms with Crippen LogP contribution in [0.25, 0.3) is 0 Å². The molecule has 114 valence electrons. The van der Waals surface area contributed by atoms with E-state index in [1.807, 2.05) is 6.07 Å². The average molecular weight is 429 g/mol. The summed E-state index contributed by atoms with van der Waals surface area (Å²) < 4.78 is 28.2. The Kier molecular flexibility index (Phi) is 5.73. The maximum Gasteiger partial charge on any atom is 0.244 e. The molecular formula is C13H12BrCl2NO2S2. The van der Waals surface area contributed by atoms with Crippen molar-refractivity contribution in [3.05, 3.63) is 49.0 Å². The fraction of sp³-hybridized carbons (Fsp3) is 0.231. The van der Waals surface area contributed by atoms with Crippen molar-refractivity contribution in [1.29, 1.82) is 0 Å². The highest BCUT2D eigenvalue weighted by atomic mass is 79.9. The zero-order valence-corrected chi connectivity index (χ0v) is 15.7. The summed E-state index contributed by atoms with van der Waals surface area (Å²) in [5, 5.41) is 0.201. The van der Waals surface area contributed by atoms with E-state index in [1.165, 1.54) is 21.7 Å². The number of nitrogens with zero attached hydrogens (tertiary/aromatic N) is 1. The molecule has 0 fully saturated rings. The van der Waals surface area contributed by atoms with Gasteiger partial charge in [-0.25, -0.2) is 8.42 Å². The average Bonchev–Trinajstić information content (AvgIpc) is 2.80. The van der Waals surface area contributed by atoms with Crippen LogP contribution in [0.4, 0.5) is 0 Å². The topological polar surface area (TPSA) is 37.4 Å². The SMILES string of the molecule is CCN(Cc1ccc(Cl)s1)S(=O)(=O)c1ccc(Br)cc1Cl. The molecule has 0 aliphatic carbocycles. The molecule has 1 aromatic carbocycles. The van der Waals surface area contributed by atoms with E-state index in [9.17, 15) is 8.42 Å². The van der Waals surface area contributed by atoms with E-state index in [-0.39, 0.29) is 16.5 Å². The van der Waals surface area contributed by atoms with Gasteiger partial charge < -0.3 is 0 Å². The van der Waals surface area contributed by atoms with Crippen LogP contribution in [-0.4, -0.2) is 19.3 Å². The van der Waals surface area contributed by atoms with Crippen molar-refractivity contribution < 1.29 is 8.42 Å². The van der Waals surface area contributed by atoms with Gasteiger partial charge in [0.2, 0.25) is 10.0 Å². The van der Waals surface area contributed by atoms with Gasteiger partial charge >= 0.3 is 0 Å². The first kappa shape index (κ1) is 17.2. The van der Waals surface area contributed by atoms with Crippen LogP contribution >= 0.6 is 50.5 Å².